The minimum atomic E-state index is -0.299. The highest BCUT2D eigenvalue weighted by molar-refractivity contribution is 5.81. The average Bonchev–Trinajstić information content (AvgIpc) is 2.94. The van der Waals surface area contributed by atoms with Gasteiger partial charge in [-0.15, -0.1) is 0 Å². The minimum absolute atomic E-state index is 0.0861. The Bertz CT molecular complexity index is 827. The highest BCUT2D eigenvalue weighted by atomic mass is 16.5. The van der Waals surface area contributed by atoms with Gasteiger partial charge in [0.05, 0.1) is 6.61 Å². The molecule has 3 heterocycles. The number of nitrogens with zero attached hydrogens (tertiary/aromatic N) is 3. The molecule has 0 saturated carbocycles. The fourth-order valence-corrected chi connectivity index (χ4v) is 2.44. The van der Waals surface area contributed by atoms with Gasteiger partial charge < -0.3 is 10.1 Å². The Balaban J connectivity index is 2.06. The average molecular weight is 310 g/mol. The number of esters is 1. The number of pyridine rings is 2. The van der Waals surface area contributed by atoms with Crippen molar-refractivity contribution in [2.45, 2.75) is 13.8 Å². The molecule has 0 amide bonds. The van der Waals surface area contributed by atoms with Crippen molar-refractivity contribution in [2.24, 2.45) is 0 Å². The van der Waals surface area contributed by atoms with Crippen molar-refractivity contribution in [3.05, 3.63) is 48.4 Å². The maximum Gasteiger partial charge on any atom is 0.325 e. The Labute approximate surface area is 134 Å². The summed E-state index contributed by atoms with van der Waals surface area (Å²) in [4.78, 5) is 20.5. The first-order valence-corrected chi connectivity index (χ1v) is 7.48. The maximum atomic E-state index is 11.7. The first kappa shape index (κ1) is 15.0. The molecule has 3 rings (SSSR count). The number of carbonyl (C=O) groups excluding carboxylic acids is 1. The summed E-state index contributed by atoms with van der Waals surface area (Å²) in [5.74, 6) is 0.456. The number of hydrogen-bond acceptors (Lipinski definition) is 5. The Morgan fingerprint density at radius 2 is 2.22 bits per heavy atom. The second-order valence-electron chi connectivity index (χ2n) is 5.09. The van der Waals surface area contributed by atoms with Crippen LogP contribution in [0.15, 0.2) is 42.9 Å². The fraction of sp³-hybridized carbons (Fsp3) is 0.235. The number of aryl methyl sites for hydroxylation is 1. The zero-order valence-electron chi connectivity index (χ0n) is 13.1. The molecule has 0 spiro atoms. The molecule has 23 heavy (non-hydrogen) atoms. The van der Waals surface area contributed by atoms with Gasteiger partial charge in [-0.05, 0) is 37.6 Å². The Morgan fingerprint density at radius 1 is 1.35 bits per heavy atom. The molecule has 0 fully saturated rings. The molecule has 0 aliphatic rings. The molecule has 0 aliphatic carbocycles. The molecular weight excluding hydrogens is 292 g/mol. The van der Waals surface area contributed by atoms with E-state index >= 15 is 0 Å². The van der Waals surface area contributed by atoms with Crippen molar-refractivity contribution in [1.82, 2.24) is 14.4 Å². The van der Waals surface area contributed by atoms with Crippen molar-refractivity contribution in [3.8, 4) is 11.3 Å². The van der Waals surface area contributed by atoms with E-state index in [1.54, 1.807) is 19.3 Å². The normalized spacial score (nSPS) is 10.7. The summed E-state index contributed by atoms with van der Waals surface area (Å²) in [6.45, 7) is 4.24. The van der Waals surface area contributed by atoms with Gasteiger partial charge in [-0.1, -0.05) is 6.07 Å². The van der Waals surface area contributed by atoms with Crippen molar-refractivity contribution in [2.75, 3.05) is 18.5 Å². The van der Waals surface area contributed by atoms with Crippen LogP contribution in [0.5, 0.6) is 0 Å². The third kappa shape index (κ3) is 3.01. The SMILES string of the molecule is CCOC(=O)CNc1c(-c2cccnc2)nc2c(C)cccn12. The smallest absolute Gasteiger partial charge is 0.325 e. The molecule has 0 atom stereocenters. The molecule has 0 aromatic carbocycles. The van der Waals surface area contributed by atoms with Crippen LogP contribution in [0.25, 0.3) is 16.9 Å². The van der Waals surface area contributed by atoms with E-state index in [0.717, 1.165) is 28.3 Å². The highest BCUT2D eigenvalue weighted by Crippen LogP contribution is 2.29. The predicted octanol–water partition coefficient (Wildman–Crippen LogP) is 2.68. The largest absolute Gasteiger partial charge is 0.465 e. The summed E-state index contributed by atoms with van der Waals surface area (Å²) < 4.78 is 6.92. The van der Waals surface area contributed by atoms with Gasteiger partial charge in [0.15, 0.2) is 0 Å². The van der Waals surface area contributed by atoms with Crippen LogP contribution >= 0.6 is 0 Å². The number of fused-ring (bicyclic) bond motifs is 1. The molecule has 0 unspecified atom stereocenters. The van der Waals surface area contributed by atoms with Crippen LogP contribution in [0.2, 0.25) is 0 Å². The minimum Gasteiger partial charge on any atom is -0.465 e. The number of hydrogen-bond donors (Lipinski definition) is 1. The first-order valence-electron chi connectivity index (χ1n) is 7.48. The predicted molar refractivity (Wildman–Crippen MR) is 88.3 cm³/mol. The quantitative estimate of drug-likeness (QED) is 0.734. The Kier molecular flexibility index (Phi) is 4.23. The molecule has 0 radical (unpaired) electrons. The first-order chi connectivity index (χ1) is 11.2. The van der Waals surface area contributed by atoms with Gasteiger partial charge in [-0.3, -0.25) is 14.2 Å². The van der Waals surface area contributed by atoms with Crippen molar-refractivity contribution >= 4 is 17.4 Å². The number of imidazole rings is 1. The topological polar surface area (TPSA) is 68.5 Å². The molecular formula is C17H18N4O2. The van der Waals surface area contributed by atoms with Gasteiger partial charge in [0.2, 0.25) is 0 Å². The summed E-state index contributed by atoms with van der Waals surface area (Å²) in [5.41, 5.74) is 3.55. The molecule has 6 nitrogen and oxygen atoms in total. The number of aromatic nitrogens is 3. The zero-order valence-corrected chi connectivity index (χ0v) is 13.1. The number of nitrogens with one attached hydrogen (secondary N) is 1. The second kappa shape index (κ2) is 6.48. The van der Waals surface area contributed by atoms with E-state index in [4.69, 9.17) is 9.72 Å². The van der Waals surface area contributed by atoms with Gasteiger partial charge in [0.25, 0.3) is 0 Å². The summed E-state index contributed by atoms with van der Waals surface area (Å²) >= 11 is 0. The zero-order chi connectivity index (χ0) is 16.2. The molecule has 3 aromatic rings. The monoisotopic (exact) mass is 310 g/mol. The lowest BCUT2D eigenvalue weighted by molar-refractivity contribution is -0.140. The van der Waals surface area contributed by atoms with E-state index in [-0.39, 0.29) is 12.5 Å². The van der Waals surface area contributed by atoms with Gasteiger partial charge in [0.1, 0.15) is 23.7 Å². The summed E-state index contributed by atoms with van der Waals surface area (Å²) in [6.07, 6.45) is 5.39. The van der Waals surface area contributed by atoms with Gasteiger partial charge in [0, 0.05) is 24.2 Å². The Hall–Kier alpha value is -2.89. The number of anilines is 1. The van der Waals surface area contributed by atoms with Crippen LogP contribution in [0.4, 0.5) is 5.82 Å². The van der Waals surface area contributed by atoms with Crippen LogP contribution in [-0.4, -0.2) is 33.5 Å². The standard InChI is InChI=1S/C17H18N4O2/c1-3-23-14(22)11-19-17-15(13-7-4-8-18-10-13)20-16-12(2)6-5-9-21(16)17/h4-10,19H,3,11H2,1-2H3. The number of ether oxygens (including phenoxy) is 1. The van der Waals surface area contributed by atoms with Crippen LogP contribution in [-0.2, 0) is 9.53 Å². The molecule has 1 N–H and O–H groups in total. The summed E-state index contributed by atoms with van der Waals surface area (Å²) in [6, 6.07) is 7.76. The molecule has 0 bridgehead atoms. The van der Waals surface area contributed by atoms with Gasteiger partial charge in [-0.2, -0.15) is 0 Å². The van der Waals surface area contributed by atoms with E-state index in [0.29, 0.717) is 6.61 Å². The number of carbonyl (C=O) groups is 1. The van der Waals surface area contributed by atoms with Crippen LogP contribution in [0.3, 0.4) is 0 Å². The van der Waals surface area contributed by atoms with Crippen molar-refractivity contribution in [3.63, 3.8) is 0 Å². The Morgan fingerprint density at radius 3 is 2.96 bits per heavy atom. The molecule has 118 valence electrons. The third-order valence-corrected chi connectivity index (χ3v) is 3.49. The molecule has 3 aromatic heterocycles. The van der Waals surface area contributed by atoms with Gasteiger partial charge in [-0.25, -0.2) is 4.98 Å². The third-order valence-electron chi connectivity index (χ3n) is 3.49. The van der Waals surface area contributed by atoms with E-state index in [1.165, 1.54) is 0 Å². The highest BCUT2D eigenvalue weighted by Gasteiger charge is 2.16. The molecule has 6 heteroatoms. The van der Waals surface area contributed by atoms with Crippen molar-refractivity contribution < 1.29 is 9.53 Å². The van der Waals surface area contributed by atoms with E-state index < -0.39 is 0 Å². The lowest BCUT2D eigenvalue weighted by atomic mass is 10.2. The fourth-order valence-electron chi connectivity index (χ4n) is 2.44. The molecule has 0 saturated heterocycles. The summed E-state index contributed by atoms with van der Waals surface area (Å²) in [7, 11) is 0. The van der Waals surface area contributed by atoms with Crippen LogP contribution in [0, 0.1) is 6.92 Å². The van der Waals surface area contributed by atoms with E-state index in [1.807, 2.05) is 41.8 Å². The lowest BCUT2D eigenvalue weighted by Crippen LogP contribution is -2.17. The van der Waals surface area contributed by atoms with Crippen LogP contribution < -0.4 is 5.32 Å². The summed E-state index contributed by atoms with van der Waals surface area (Å²) in [5, 5.41) is 3.14. The van der Waals surface area contributed by atoms with E-state index in [2.05, 4.69) is 10.3 Å². The lowest BCUT2D eigenvalue weighted by Gasteiger charge is -2.08. The van der Waals surface area contributed by atoms with Crippen molar-refractivity contribution in [1.29, 1.82) is 0 Å². The van der Waals surface area contributed by atoms with Crippen LogP contribution in [0.1, 0.15) is 12.5 Å². The van der Waals surface area contributed by atoms with E-state index in [9.17, 15) is 4.79 Å². The molecule has 0 aliphatic heterocycles. The number of rotatable bonds is 5. The van der Waals surface area contributed by atoms with Gasteiger partial charge >= 0.3 is 5.97 Å². The second-order valence-corrected chi connectivity index (χ2v) is 5.09. The maximum absolute atomic E-state index is 11.7.